The van der Waals surface area contributed by atoms with Crippen molar-refractivity contribution in [2.75, 3.05) is 0 Å². The molecule has 0 aliphatic rings. The maximum Gasteiger partial charge on any atom is 0.308 e. The molecule has 70 valence electrons. The highest BCUT2D eigenvalue weighted by molar-refractivity contribution is 14.1. The van der Waals surface area contributed by atoms with Crippen LogP contribution in [0.15, 0.2) is 6.20 Å². The number of carbonyl (C=O) groups is 1. The summed E-state index contributed by atoms with van der Waals surface area (Å²) >= 11 is 9.78. The van der Waals surface area contributed by atoms with Gasteiger partial charge in [-0.05, 0) is 45.2 Å². The smallest absolute Gasteiger partial charge is 0.308 e. The molecule has 3 nitrogen and oxygen atoms in total. The molecule has 1 aromatic heterocycles. The molecule has 1 rings (SSSR count). The fourth-order valence-corrected chi connectivity index (χ4v) is 2.37. The van der Waals surface area contributed by atoms with Crippen molar-refractivity contribution >= 4 is 62.8 Å². The fourth-order valence-electron chi connectivity index (χ4n) is 0.664. The number of ether oxygens (including phenoxy) is 1. The van der Waals surface area contributed by atoms with Crippen molar-refractivity contribution in [3.05, 3.63) is 18.5 Å². The molecular formula is C7H4ClI2NO2. The number of esters is 1. The summed E-state index contributed by atoms with van der Waals surface area (Å²) in [6.07, 6.45) is 1.56. The minimum atomic E-state index is -0.363. The van der Waals surface area contributed by atoms with E-state index < -0.39 is 0 Å². The van der Waals surface area contributed by atoms with Gasteiger partial charge in [0.05, 0.1) is 7.14 Å². The summed E-state index contributed by atoms with van der Waals surface area (Å²) in [5, 5.41) is 0.345. The molecule has 6 heteroatoms. The summed E-state index contributed by atoms with van der Waals surface area (Å²) in [6, 6.07) is 0. The van der Waals surface area contributed by atoms with Crippen molar-refractivity contribution in [1.29, 1.82) is 0 Å². The van der Waals surface area contributed by atoms with Crippen molar-refractivity contribution in [2.45, 2.75) is 6.92 Å². The summed E-state index contributed by atoms with van der Waals surface area (Å²) in [5.74, 6) is 0.117. The largest absolute Gasteiger partial charge is 0.424 e. The van der Waals surface area contributed by atoms with E-state index in [0.717, 1.165) is 3.57 Å². The van der Waals surface area contributed by atoms with Gasteiger partial charge < -0.3 is 4.74 Å². The molecule has 0 fully saturated rings. The monoisotopic (exact) mass is 423 g/mol. The molecule has 0 radical (unpaired) electrons. The van der Waals surface area contributed by atoms with Gasteiger partial charge >= 0.3 is 5.97 Å². The van der Waals surface area contributed by atoms with Crippen LogP contribution in [0.5, 0.6) is 5.75 Å². The van der Waals surface area contributed by atoms with Crippen molar-refractivity contribution in [3.8, 4) is 5.75 Å². The molecule has 0 amide bonds. The maximum atomic E-state index is 10.7. The Morgan fingerprint density at radius 1 is 1.62 bits per heavy atom. The van der Waals surface area contributed by atoms with Gasteiger partial charge in [-0.15, -0.1) is 0 Å². The minimum absolute atomic E-state index is 0.345. The Hall–Kier alpha value is 0.370. The van der Waals surface area contributed by atoms with E-state index in [0.29, 0.717) is 14.5 Å². The average molecular weight is 423 g/mol. The number of hydrogen-bond donors (Lipinski definition) is 0. The van der Waals surface area contributed by atoms with E-state index in [4.69, 9.17) is 16.3 Å². The molecule has 0 aromatic carbocycles. The van der Waals surface area contributed by atoms with Crippen molar-refractivity contribution in [2.24, 2.45) is 0 Å². The lowest BCUT2D eigenvalue weighted by molar-refractivity contribution is -0.132. The van der Waals surface area contributed by atoms with Crippen LogP contribution in [0.1, 0.15) is 6.92 Å². The number of aromatic nitrogens is 1. The Bertz CT molecular complexity index is 357. The molecule has 13 heavy (non-hydrogen) atoms. The summed E-state index contributed by atoms with van der Waals surface area (Å²) < 4.78 is 6.40. The third-order valence-corrected chi connectivity index (χ3v) is 3.51. The van der Waals surface area contributed by atoms with Gasteiger partial charge in [-0.25, -0.2) is 4.98 Å². The molecule has 0 aliphatic heterocycles. The number of pyridine rings is 1. The molecule has 0 saturated carbocycles. The zero-order chi connectivity index (χ0) is 10.0. The van der Waals surface area contributed by atoms with E-state index in [1.165, 1.54) is 6.92 Å². The molecule has 0 N–H and O–H groups in total. The van der Waals surface area contributed by atoms with Gasteiger partial charge in [0.1, 0.15) is 5.15 Å². The molecule has 0 spiro atoms. The summed E-state index contributed by atoms with van der Waals surface area (Å²) in [7, 11) is 0. The van der Waals surface area contributed by atoms with E-state index in [1.807, 2.05) is 45.2 Å². The zero-order valence-corrected chi connectivity index (χ0v) is 11.5. The second kappa shape index (κ2) is 4.74. The molecule has 0 saturated heterocycles. The van der Waals surface area contributed by atoms with Gasteiger partial charge in [-0.3, -0.25) is 4.79 Å². The number of carbonyl (C=O) groups excluding carboxylic acids is 1. The predicted molar refractivity (Wildman–Crippen MR) is 66.0 cm³/mol. The van der Waals surface area contributed by atoms with Gasteiger partial charge in [-0.1, -0.05) is 11.6 Å². The Morgan fingerprint density at radius 3 is 2.77 bits per heavy atom. The standard InChI is InChI=1S/C7H4ClI2NO2/c1-3(12)13-6-4(9)2-11-7(8)5(6)10/h2H,1H3. The third kappa shape index (κ3) is 2.91. The normalized spacial score (nSPS) is 9.85. The fraction of sp³-hybridized carbons (Fsp3) is 0.143. The molecule has 1 heterocycles. The number of nitrogens with zero attached hydrogens (tertiary/aromatic N) is 1. The van der Waals surface area contributed by atoms with Gasteiger partial charge in [0.25, 0.3) is 0 Å². The lowest BCUT2D eigenvalue weighted by atomic mass is 10.4. The number of hydrogen-bond acceptors (Lipinski definition) is 3. The molecule has 0 bridgehead atoms. The van der Waals surface area contributed by atoms with Crippen LogP contribution in [0.3, 0.4) is 0 Å². The Labute approximate surface area is 107 Å². The van der Waals surface area contributed by atoms with Gasteiger partial charge in [0, 0.05) is 13.1 Å². The quantitative estimate of drug-likeness (QED) is 0.396. The first-order valence-corrected chi connectivity index (χ1v) is 5.74. The van der Waals surface area contributed by atoms with Gasteiger partial charge in [0.15, 0.2) is 5.75 Å². The minimum Gasteiger partial charge on any atom is -0.424 e. The number of halogens is 3. The van der Waals surface area contributed by atoms with Crippen LogP contribution >= 0.6 is 56.8 Å². The molecule has 0 aliphatic carbocycles. The average Bonchev–Trinajstić information content (AvgIpc) is 2.05. The number of rotatable bonds is 1. The van der Waals surface area contributed by atoms with Crippen LogP contribution in [-0.2, 0) is 4.79 Å². The topological polar surface area (TPSA) is 39.2 Å². The van der Waals surface area contributed by atoms with Gasteiger partial charge in [0.2, 0.25) is 0 Å². The van der Waals surface area contributed by atoms with E-state index >= 15 is 0 Å². The highest BCUT2D eigenvalue weighted by Gasteiger charge is 2.12. The molecule has 0 unspecified atom stereocenters. The van der Waals surface area contributed by atoms with E-state index in [9.17, 15) is 4.79 Å². The highest BCUT2D eigenvalue weighted by atomic mass is 127. The molecular weight excluding hydrogens is 419 g/mol. The van der Waals surface area contributed by atoms with Crippen LogP contribution in [0.4, 0.5) is 0 Å². The summed E-state index contributed by atoms with van der Waals surface area (Å²) in [5.41, 5.74) is 0. The SMILES string of the molecule is CC(=O)Oc1c(I)cnc(Cl)c1I. The molecule has 1 aromatic rings. The third-order valence-electron chi connectivity index (χ3n) is 1.13. The first kappa shape index (κ1) is 11.4. The van der Waals surface area contributed by atoms with Crippen LogP contribution < -0.4 is 4.74 Å². The van der Waals surface area contributed by atoms with Crippen molar-refractivity contribution < 1.29 is 9.53 Å². The zero-order valence-electron chi connectivity index (χ0n) is 6.47. The Balaban J connectivity index is 3.17. The maximum absolute atomic E-state index is 10.7. The highest BCUT2D eigenvalue weighted by Crippen LogP contribution is 2.30. The predicted octanol–water partition coefficient (Wildman–Crippen LogP) is 2.87. The molecule has 0 atom stereocenters. The van der Waals surface area contributed by atoms with E-state index in [-0.39, 0.29) is 5.97 Å². The first-order valence-electron chi connectivity index (χ1n) is 3.20. The lowest BCUT2D eigenvalue weighted by Crippen LogP contribution is -2.05. The first-order chi connectivity index (χ1) is 6.02. The second-order valence-corrected chi connectivity index (χ2v) is 4.73. The van der Waals surface area contributed by atoms with Crippen LogP contribution in [0, 0.1) is 7.14 Å². The van der Waals surface area contributed by atoms with E-state index in [2.05, 4.69) is 4.98 Å². The van der Waals surface area contributed by atoms with Crippen LogP contribution in [0.25, 0.3) is 0 Å². The lowest BCUT2D eigenvalue weighted by Gasteiger charge is -2.06. The summed E-state index contributed by atoms with van der Waals surface area (Å²) in [6.45, 7) is 1.35. The van der Waals surface area contributed by atoms with Crippen molar-refractivity contribution in [3.63, 3.8) is 0 Å². The van der Waals surface area contributed by atoms with Crippen LogP contribution in [-0.4, -0.2) is 11.0 Å². The Morgan fingerprint density at radius 2 is 2.23 bits per heavy atom. The van der Waals surface area contributed by atoms with E-state index in [1.54, 1.807) is 6.20 Å². The Kier molecular flexibility index (Phi) is 4.17. The van der Waals surface area contributed by atoms with Crippen LogP contribution in [0.2, 0.25) is 5.15 Å². The van der Waals surface area contributed by atoms with Crippen molar-refractivity contribution in [1.82, 2.24) is 4.98 Å². The van der Waals surface area contributed by atoms with Gasteiger partial charge in [-0.2, -0.15) is 0 Å². The second-order valence-electron chi connectivity index (χ2n) is 2.13. The summed E-state index contributed by atoms with van der Waals surface area (Å²) in [4.78, 5) is 14.6.